The number of rotatable bonds is 2. The summed E-state index contributed by atoms with van der Waals surface area (Å²) < 4.78 is 1.60. The van der Waals surface area contributed by atoms with Gasteiger partial charge in [0.1, 0.15) is 0 Å². The fraction of sp³-hybridized carbons (Fsp3) is 0.200. The van der Waals surface area contributed by atoms with Crippen molar-refractivity contribution in [1.29, 1.82) is 0 Å². The summed E-state index contributed by atoms with van der Waals surface area (Å²) in [7, 11) is 0. The lowest BCUT2D eigenvalue weighted by atomic mass is 10.3. The number of nitrogens with zero attached hydrogens (tertiary/aromatic N) is 1. The molecule has 0 amide bonds. The van der Waals surface area contributed by atoms with Crippen molar-refractivity contribution in [3.63, 3.8) is 0 Å². The summed E-state index contributed by atoms with van der Waals surface area (Å²) in [5, 5.41) is 0. The molecular formula is C10H12BrNO. The van der Waals surface area contributed by atoms with Gasteiger partial charge >= 0.3 is 5.91 Å². The van der Waals surface area contributed by atoms with Crippen LogP contribution in [0.25, 0.3) is 0 Å². The molecule has 0 aliphatic heterocycles. The fourth-order valence-electron chi connectivity index (χ4n) is 1.08. The topological polar surface area (TPSA) is 20.9 Å². The lowest BCUT2D eigenvalue weighted by Crippen LogP contribution is -3.00. The number of carbonyl (C=O) groups excluding carboxylic acids is 1. The second kappa shape index (κ2) is 5.65. The van der Waals surface area contributed by atoms with Crippen molar-refractivity contribution < 1.29 is 26.3 Å². The smallest absolute Gasteiger partial charge is 0.417 e. The van der Waals surface area contributed by atoms with Crippen molar-refractivity contribution in [3.8, 4) is 0 Å². The van der Waals surface area contributed by atoms with Gasteiger partial charge in [-0.25, -0.2) is 4.79 Å². The number of pyridine rings is 1. The normalized spacial score (nSPS) is 8.69. The second-order valence-electron chi connectivity index (χ2n) is 2.46. The van der Waals surface area contributed by atoms with Crippen LogP contribution in [-0.4, -0.2) is 5.91 Å². The van der Waals surface area contributed by atoms with Crippen LogP contribution < -0.4 is 21.5 Å². The molecule has 0 bridgehead atoms. The standard InChI is InChI=1S/C10H12NO.BrH/c1-3-9-7-5-6-8-11(9)10(12)4-2;/h4-8H,2-3H2,1H3;1H/q+1;/p-1. The van der Waals surface area contributed by atoms with E-state index in [4.69, 9.17) is 0 Å². The Morgan fingerprint density at radius 2 is 2.31 bits per heavy atom. The molecule has 1 heterocycles. The molecule has 0 aliphatic rings. The predicted molar refractivity (Wildman–Crippen MR) is 46.8 cm³/mol. The van der Waals surface area contributed by atoms with E-state index in [9.17, 15) is 4.79 Å². The van der Waals surface area contributed by atoms with E-state index in [2.05, 4.69) is 6.58 Å². The number of allylic oxidation sites excluding steroid dienone is 1. The molecule has 0 N–H and O–H groups in total. The van der Waals surface area contributed by atoms with Gasteiger partial charge in [0.15, 0.2) is 11.9 Å². The first-order valence-electron chi connectivity index (χ1n) is 3.96. The van der Waals surface area contributed by atoms with E-state index in [1.807, 2.05) is 25.1 Å². The van der Waals surface area contributed by atoms with E-state index in [-0.39, 0.29) is 22.9 Å². The lowest BCUT2D eigenvalue weighted by Gasteiger charge is -1.94. The Balaban J connectivity index is 0.00000144. The Morgan fingerprint density at radius 3 is 2.85 bits per heavy atom. The minimum Gasteiger partial charge on any atom is -1.00 e. The largest absolute Gasteiger partial charge is 1.00 e. The Kier molecular flexibility index (Phi) is 5.23. The van der Waals surface area contributed by atoms with Gasteiger partial charge in [-0.2, -0.15) is 0 Å². The zero-order valence-corrected chi connectivity index (χ0v) is 9.12. The summed E-state index contributed by atoms with van der Waals surface area (Å²) in [6, 6.07) is 5.69. The van der Waals surface area contributed by atoms with Crippen molar-refractivity contribution >= 4 is 5.91 Å². The highest BCUT2D eigenvalue weighted by atomic mass is 79.9. The highest BCUT2D eigenvalue weighted by Gasteiger charge is 2.13. The van der Waals surface area contributed by atoms with Crippen LogP contribution >= 0.6 is 0 Å². The molecule has 1 aromatic heterocycles. The van der Waals surface area contributed by atoms with E-state index >= 15 is 0 Å². The van der Waals surface area contributed by atoms with E-state index in [0.717, 1.165) is 12.1 Å². The third-order valence-corrected chi connectivity index (χ3v) is 1.72. The maximum absolute atomic E-state index is 11.2. The second-order valence-corrected chi connectivity index (χ2v) is 2.46. The molecule has 0 fully saturated rings. The van der Waals surface area contributed by atoms with Crippen LogP contribution in [0.1, 0.15) is 17.4 Å². The summed E-state index contributed by atoms with van der Waals surface area (Å²) >= 11 is 0. The van der Waals surface area contributed by atoms with Crippen LogP contribution in [0.3, 0.4) is 0 Å². The Bertz CT molecular complexity index is 310. The average molecular weight is 242 g/mol. The summed E-state index contributed by atoms with van der Waals surface area (Å²) in [5.74, 6) is -0.0764. The molecular weight excluding hydrogens is 230 g/mol. The molecule has 1 rings (SSSR count). The van der Waals surface area contributed by atoms with Gasteiger partial charge in [0.25, 0.3) is 0 Å². The number of hydrogen-bond donors (Lipinski definition) is 0. The molecule has 13 heavy (non-hydrogen) atoms. The zero-order chi connectivity index (χ0) is 8.97. The quantitative estimate of drug-likeness (QED) is 0.450. The number of aryl methyl sites for hydroxylation is 1. The van der Waals surface area contributed by atoms with Crippen molar-refractivity contribution in [2.75, 3.05) is 0 Å². The zero-order valence-electron chi connectivity index (χ0n) is 7.53. The first-order valence-corrected chi connectivity index (χ1v) is 3.96. The van der Waals surface area contributed by atoms with Gasteiger partial charge in [0, 0.05) is 24.6 Å². The van der Waals surface area contributed by atoms with Gasteiger partial charge in [-0.15, -0.1) is 4.57 Å². The molecule has 0 atom stereocenters. The molecule has 0 radical (unpaired) electrons. The summed E-state index contributed by atoms with van der Waals surface area (Å²) in [4.78, 5) is 11.2. The molecule has 3 heteroatoms. The lowest BCUT2D eigenvalue weighted by molar-refractivity contribution is -0.578. The van der Waals surface area contributed by atoms with E-state index in [1.54, 1.807) is 10.8 Å². The SMILES string of the molecule is C=CC(=O)[n+]1ccccc1CC.[Br-]. The molecule has 0 spiro atoms. The highest BCUT2D eigenvalue weighted by molar-refractivity contribution is 5.78. The van der Waals surface area contributed by atoms with E-state index in [1.165, 1.54) is 6.08 Å². The van der Waals surface area contributed by atoms with Crippen LogP contribution in [0.4, 0.5) is 0 Å². The van der Waals surface area contributed by atoms with Crippen molar-refractivity contribution in [2.45, 2.75) is 13.3 Å². The van der Waals surface area contributed by atoms with Gasteiger partial charge in [-0.05, 0) is 0 Å². The van der Waals surface area contributed by atoms with Crippen LogP contribution in [-0.2, 0) is 6.42 Å². The molecule has 2 nitrogen and oxygen atoms in total. The van der Waals surface area contributed by atoms with Crippen molar-refractivity contribution in [1.82, 2.24) is 0 Å². The Hall–Kier alpha value is -0.960. The molecule has 0 saturated heterocycles. The van der Waals surface area contributed by atoms with Gasteiger partial charge in [0.05, 0.1) is 0 Å². The molecule has 1 aromatic rings. The first kappa shape index (κ1) is 12.0. The van der Waals surface area contributed by atoms with Crippen LogP contribution in [0.5, 0.6) is 0 Å². The number of aromatic nitrogens is 1. The third-order valence-electron chi connectivity index (χ3n) is 1.72. The molecule has 0 aliphatic carbocycles. The molecule has 0 aromatic carbocycles. The minimum atomic E-state index is -0.0764. The highest BCUT2D eigenvalue weighted by Crippen LogP contribution is 1.91. The predicted octanol–water partition coefficient (Wildman–Crippen LogP) is -1.63. The molecule has 0 unspecified atom stereocenters. The summed E-state index contributed by atoms with van der Waals surface area (Å²) in [6.07, 6.45) is 3.92. The molecule has 0 saturated carbocycles. The van der Waals surface area contributed by atoms with Crippen LogP contribution in [0, 0.1) is 0 Å². The van der Waals surface area contributed by atoms with Gasteiger partial charge in [-0.3, -0.25) is 0 Å². The van der Waals surface area contributed by atoms with Crippen LogP contribution in [0.2, 0.25) is 0 Å². The fourth-order valence-corrected chi connectivity index (χ4v) is 1.08. The maximum Gasteiger partial charge on any atom is 0.417 e. The monoisotopic (exact) mass is 241 g/mol. The third kappa shape index (κ3) is 2.77. The van der Waals surface area contributed by atoms with Crippen molar-refractivity contribution in [2.24, 2.45) is 0 Å². The Morgan fingerprint density at radius 1 is 1.62 bits per heavy atom. The van der Waals surface area contributed by atoms with Crippen molar-refractivity contribution in [3.05, 3.63) is 42.7 Å². The summed E-state index contributed by atoms with van der Waals surface area (Å²) in [5.41, 5.74) is 1.00. The van der Waals surface area contributed by atoms with Crippen LogP contribution in [0.15, 0.2) is 37.1 Å². The van der Waals surface area contributed by atoms with Gasteiger partial charge < -0.3 is 17.0 Å². The average Bonchev–Trinajstić information content (AvgIpc) is 2.16. The molecule has 70 valence electrons. The van der Waals surface area contributed by atoms with E-state index in [0.29, 0.717) is 0 Å². The maximum atomic E-state index is 11.2. The van der Waals surface area contributed by atoms with E-state index < -0.39 is 0 Å². The summed E-state index contributed by atoms with van der Waals surface area (Å²) in [6.45, 7) is 5.46. The van der Waals surface area contributed by atoms with Gasteiger partial charge in [-0.1, -0.05) is 19.6 Å². The Labute approximate surface area is 88.7 Å². The minimum absolute atomic E-state index is 0. The van der Waals surface area contributed by atoms with Gasteiger partial charge in [0.2, 0.25) is 0 Å². The first-order chi connectivity index (χ1) is 5.79. The number of hydrogen-bond acceptors (Lipinski definition) is 1. The number of carbonyl (C=O) groups is 1. The number of halogens is 1.